The third-order valence-corrected chi connectivity index (χ3v) is 4.48. The average Bonchev–Trinajstić information content (AvgIpc) is 2.95. The van der Waals surface area contributed by atoms with Gasteiger partial charge in [0.05, 0.1) is 10.9 Å². The highest BCUT2D eigenvalue weighted by Gasteiger charge is 2.26. The van der Waals surface area contributed by atoms with Gasteiger partial charge >= 0.3 is 5.97 Å². The van der Waals surface area contributed by atoms with Crippen molar-refractivity contribution in [1.82, 2.24) is 9.55 Å². The van der Waals surface area contributed by atoms with E-state index in [-0.39, 0.29) is 5.97 Å². The highest BCUT2D eigenvalue weighted by molar-refractivity contribution is 5.86. The zero-order valence-electron chi connectivity index (χ0n) is 17.2. The molecule has 1 aromatic carbocycles. The Morgan fingerprint density at radius 2 is 1.89 bits per heavy atom. The Hall–Kier alpha value is -2.82. The number of ether oxygens (including phenoxy) is 2. The third kappa shape index (κ3) is 4.53. The van der Waals surface area contributed by atoms with Crippen LogP contribution in [0.2, 0.25) is 0 Å². The monoisotopic (exact) mass is 380 g/mol. The predicted octanol–water partition coefficient (Wildman–Crippen LogP) is 4.89. The molecule has 0 radical (unpaired) electrons. The van der Waals surface area contributed by atoms with Crippen LogP contribution < -0.4 is 4.74 Å². The minimum atomic E-state index is -0.685. The van der Waals surface area contributed by atoms with Gasteiger partial charge in [-0.2, -0.15) is 0 Å². The van der Waals surface area contributed by atoms with Gasteiger partial charge in [0, 0.05) is 18.4 Å². The molecule has 3 aromatic rings. The molecule has 2 aromatic heterocycles. The Morgan fingerprint density at radius 3 is 2.54 bits per heavy atom. The first-order chi connectivity index (χ1) is 13.3. The van der Waals surface area contributed by atoms with Crippen molar-refractivity contribution in [2.24, 2.45) is 0 Å². The van der Waals surface area contributed by atoms with Crippen LogP contribution in [-0.2, 0) is 16.1 Å². The number of esters is 1. The number of hydrogen-bond donors (Lipinski definition) is 0. The van der Waals surface area contributed by atoms with Gasteiger partial charge in [-0.3, -0.25) is 0 Å². The van der Waals surface area contributed by atoms with Crippen molar-refractivity contribution in [3.05, 3.63) is 59.9 Å². The normalized spacial score (nSPS) is 12.8. The fraction of sp³-hybridized carbons (Fsp3) is 0.391. The van der Waals surface area contributed by atoms with Gasteiger partial charge in [-0.05, 0) is 51.8 Å². The molecule has 1 atom stereocenters. The van der Waals surface area contributed by atoms with Crippen LogP contribution in [0.25, 0.3) is 10.9 Å². The molecule has 0 spiro atoms. The van der Waals surface area contributed by atoms with Crippen LogP contribution in [-0.4, -0.2) is 27.2 Å². The molecular weight excluding hydrogens is 352 g/mol. The molecule has 0 bridgehead atoms. The second-order valence-corrected chi connectivity index (χ2v) is 7.95. The van der Waals surface area contributed by atoms with Crippen molar-refractivity contribution >= 4 is 16.9 Å². The summed E-state index contributed by atoms with van der Waals surface area (Å²) in [5.74, 6) is 0.0966. The van der Waals surface area contributed by atoms with Gasteiger partial charge < -0.3 is 14.0 Å². The molecule has 0 fully saturated rings. The first kappa shape index (κ1) is 19.9. The Morgan fingerprint density at radius 1 is 1.18 bits per heavy atom. The summed E-state index contributed by atoms with van der Waals surface area (Å²) in [5.41, 5.74) is 2.82. The molecule has 1 unspecified atom stereocenters. The number of pyridine rings is 1. The first-order valence-corrected chi connectivity index (χ1v) is 9.67. The number of rotatable bonds is 6. The Balaban J connectivity index is 1.90. The van der Waals surface area contributed by atoms with E-state index >= 15 is 0 Å². The number of carbonyl (C=O) groups is 1. The van der Waals surface area contributed by atoms with Crippen LogP contribution >= 0.6 is 0 Å². The Labute approximate surface area is 166 Å². The van der Waals surface area contributed by atoms with Crippen molar-refractivity contribution in [3.63, 3.8) is 0 Å². The summed E-state index contributed by atoms with van der Waals surface area (Å²) in [5, 5.41) is 0.901. The molecule has 5 heteroatoms. The van der Waals surface area contributed by atoms with Crippen LogP contribution in [0, 0.1) is 6.92 Å². The molecular formula is C23H28N2O3. The summed E-state index contributed by atoms with van der Waals surface area (Å²) in [7, 11) is 0. The topological polar surface area (TPSA) is 53.4 Å². The quantitative estimate of drug-likeness (QED) is 0.571. The van der Waals surface area contributed by atoms with E-state index in [2.05, 4.69) is 34.7 Å². The van der Waals surface area contributed by atoms with Crippen molar-refractivity contribution in [2.75, 3.05) is 0 Å². The van der Waals surface area contributed by atoms with Gasteiger partial charge in [0.2, 0.25) is 5.88 Å². The van der Waals surface area contributed by atoms with Gasteiger partial charge in [0.1, 0.15) is 5.60 Å². The summed E-state index contributed by atoms with van der Waals surface area (Å²) in [4.78, 5) is 16.9. The summed E-state index contributed by atoms with van der Waals surface area (Å²) < 4.78 is 13.7. The molecule has 3 rings (SSSR count). The second-order valence-electron chi connectivity index (χ2n) is 7.95. The number of carbonyl (C=O) groups excluding carboxylic acids is 1. The molecule has 0 aliphatic rings. The minimum Gasteiger partial charge on any atom is -0.462 e. The molecule has 5 nitrogen and oxygen atoms in total. The van der Waals surface area contributed by atoms with Crippen molar-refractivity contribution in [3.8, 4) is 5.88 Å². The lowest BCUT2D eigenvalue weighted by atomic mass is 10.2. The Bertz CT molecular complexity index is 955. The van der Waals surface area contributed by atoms with E-state index in [4.69, 9.17) is 9.47 Å². The first-order valence-electron chi connectivity index (χ1n) is 9.67. The number of hydrogen-bond acceptors (Lipinski definition) is 4. The maximum absolute atomic E-state index is 12.5. The smallest absolute Gasteiger partial charge is 0.347 e. The zero-order valence-corrected chi connectivity index (χ0v) is 17.2. The van der Waals surface area contributed by atoms with Gasteiger partial charge in [0.15, 0.2) is 6.10 Å². The van der Waals surface area contributed by atoms with Crippen molar-refractivity contribution in [1.29, 1.82) is 0 Å². The number of nitrogens with zero attached hydrogens (tertiary/aromatic N) is 2. The lowest BCUT2D eigenvalue weighted by Crippen LogP contribution is -2.35. The molecule has 0 amide bonds. The lowest BCUT2D eigenvalue weighted by Gasteiger charge is -2.23. The maximum atomic E-state index is 12.5. The third-order valence-electron chi connectivity index (χ3n) is 4.48. The van der Waals surface area contributed by atoms with E-state index < -0.39 is 11.7 Å². The van der Waals surface area contributed by atoms with Gasteiger partial charge in [-0.1, -0.05) is 37.3 Å². The number of aromatic nitrogens is 2. The van der Waals surface area contributed by atoms with Crippen molar-refractivity contribution < 1.29 is 14.3 Å². The molecule has 0 saturated carbocycles. The van der Waals surface area contributed by atoms with E-state index in [0.29, 0.717) is 12.3 Å². The number of benzene rings is 1. The number of fused-ring (bicyclic) bond motifs is 1. The van der Waals surface area contributed by atoms with E-state index in [0.717, 1.165) is 23.1 Å². The molecule has 0 N–H and O–H groups in total. The highest BCUT2D eigenvalue weighted by atomic mass is 16.6. The van der Waals surface area contributed by atoms with E-state index in [1.165, 1.54) is 5.56 Å². The molecule has 148 valence electrons. The molecule has 0 aliphatic heterocycles. The molecule has 0 saturated heterocycles. The fourth-order valence-corrected chi connectivity index (χ4v) is 3.16. The van der Waals surface area contributed by atoms with Crippen LogP contribution in [0.1, 0.15) is 45.4 Å². The van der Waals surface area contributed by atoms with Gasteiger partial charge in [0.25, 0.3) is 0 Å². The molecule has 0 aliphatic carbocycles. The second kappa shape index (κ2) is 8.05. The Kier molecular flexibility index (Phi) is 5.73. The molecule has 2 heterocycles. The van der Waals surface area contributed by atoms with Gasteiger partial charge in [-0.25, -0.2) is 9.78 Å². The SMILES string of the molecule is CCC(Oc1nccc2c1cc(C)n2Cc1ccccc1)C(=O)OC(C)(C)C. The summed E-state index contributed by atoms with van der Waals surface area (Å²) in [6.45, 7) is 10.3. The largest absolute Gasteiger partial charge is 0.462 e. The summed E-state index contributed by atoms with van der Waals surface area (Å²) >= 11 is 0. The average molecular weight is 380 g/mol. The van der Waals surface area contributed by atoms with Crippen molar-refractivity contribution in [2.45, 2.75) is 59.3 Å². The van der Waals surface area contributed by atoms with Crippen LogP contribution in [0.3, 0.4) is 0 Å². The van der Waals surface area contributed by atoms with Crippen LogP contribution in [0.4, 0.5) is 0 Å². The van der Waals surface area contributed by atoms with E-state index in [9.17, 15) is 4.79 Å². The van der Waals surface area contributed by atoms with Gasteiger partial charge in [-0.15, -0.1) is 0 Å². The maximum Gasteiger partial charge on any atom is 0.347 e. The fourth-order valence-electron chi connectivity index (χ4n) is 3.16. The number of aryl methyl sites for hydroxylation is 1. The lowest BCUT2D eigenvalue weighted by molar-refractivity contribution is -0.163. The van der Waals surface area contributed by atoms with Crippen LogP contribution in [0.15, 0.2) is 48.7 Å². The van der Waals surface area contributed by atoms with E-state index in [1.807, 2.05) is 52.0 Å². The minimum absolute atomic E-state index is 0.366. The zero-order chi connectivity index (χ0) is 20.3. The standard InChI is InChI=1S/C23H28N2O3/c1-6-20(22(26)28-23(3,4)5)27-21-18-14-16(2)25(19(18)12-13-24-21)15-17-10-8-7-9-11-17/h7-14,20H,6,15H2,1-5H3. The summed E-state index contributed by atoms with van der Waals surface area (Å²) in [6.07, 6.45) is 1.55. The van der Waals surface area contributed by atoms with E-state index in [1.54, 1.807) is 6.20 Å². The molecule has 28 heavy (non-hydrogen) atoms. The highest BCUT2D eigenvalue weighted by Crippen LogP contribution is 2.29. The van der Waals surface area contributed by atoms with Crippen LogP contribution in [0.5, 0.6) is 5.88 Å². The predicted molar refractivity (Wildman–Crippen MR) is 111 cm³/mol. The summed E-state index contributed by atoms with van der Waals surface area (Å²) in [6, 6.07) is 14.4.